The number of nitrogens with zero attached hydrogens (tertiary/aromatic N) is 3. The van der Waals surface area contributed by atoms with Crippen molar-refractivity contribution in [2.75, 3.05) is 23.7 Å². The fourth-order valence-corrected chi connectivity index (χ4v) is 3.21. The van der Waals surface area contributed by atoms with Crippen LogP contribution in [-0.4, -0.2) is 23.1 Å². The fourth-order valence-electron chi connectivity index (χ4n) is 3.21. The standard InChI is InChI=1S/C17H30N4/c1-6-14-19-15(18)12(2)16(20-14)21-10-7-8-13(9-11-21)17(3,4)5/h13H,6-11H2,1-5H3,(H2,18,19,20). The predicted octanol–water partition coefficient (Wildman–Crippen LogP) is 3.58. The fraction of sp³-hybridized carbons (Fsp3) is 0.765. The van der Waals surface area contributed by atoms with Gasteiger partial charge >= 0.3 is 0 Å². The van der Waals surface area contributed by atoms with Crippen LogP contribution in [0.25, 0.3) is 0 Å². The van der Waals surface area contributed by atoms with Crippen LogP contribution in [0.4, 0.5) is 11.6 Å². The lowest BCUT2D eigenvalue weighted by Crippen LogP contribution is -2.28. The molecule has 1 saturated heterocycles. The Bertz CT molecular complexity index is 490. The summed E-state index contributed by atoms with van der Waals surface area (Å²) in [5.41, 5.74) is 7.48. The average molecular weight is 290 g/mol. The number of aryl methyl sites for hydroxylation is 1. The monoisotopic (exact) mass is 290 g/mol. The zero-order valence-electron chi connectivity index (χ0n) is 14.2. The summed E-state index contributed by atoms with van der Waals surface area (Å²) in [5.74, 6) is 3.32. The topological polar surface area (TPSA) is 55.0 Å². The van der Waals surface area contributed by atoms with E-state index in [1.54, 1.807) is 0 Å². The van der Waals surface area contributed by atoms with E-state index in [1.165, 1.54) is 19.3 Å². The molecule has 21 heavy (non-hydrogen) atoms. The molecule has 2 heterocycles. The van der Waals surface area contributed by atoms with E-state index in [2.05, 4.69) is 37.6 Å². The Morgan fingerprint density at radius 3 is 2.52 bits per heavy atom. The molecule has 1 aliphatic rings. The molecular formula is C17H30N4. The first kappa shape index (κ1) is 16.1. The van der Waals surface area contributed by atoms with Crippen LogP contribution in [0.1, 0.15) is 58.3 Å². The van der Waals surface area contributed by atoms with Crippen LogP contribution >= 0.6 is 0 Å². The van der Waals surface area contributed by atoms with Crippen LogP contribution in [0.3, 0.4) is 0 Å². The molecule has 1 aromatic heterocycles. The second kappa shape index (κ2) is 6.20. The molecule has 0 aromatic carbocycles. The van der Waals surface area contributed by atoms with Crippen LogP contribution in [0.2, 0.25) is 0 Å². The molecule has 4 nitrogen and oxygen atoms in total. The molecule has 1 aromatic rings. The van der Waals surface area contributed by atoms with E-state index in [0.717, 1.165) is 42.6 Å². The molecule has 0 radical (unpaired) electrons. The van der Waals surface area contributed by atoms with Gasteiger partial charge in [0.15, 0.2) is 0 Å². The van der Waals surface area contributed by atoms with E-state index in [0.29, 0.717) is 11.2 Å². The maximum absolute atomic E-state index is 6.06. The summed E-state index contributed by atoms with van der Waals surface area (Å²) in [6, 6.07) is 0. The summed E-state index contributed by atoms with van der Waals surface area (Å²) in [5, 5.41) is 0. The predicted molar refractivity (Wildman–Crippen MR) is 89.6 cm³/mol. The lowest BCUT2D eigenvalue weighted by molar-refractivity contribution is 0.220. The lowest BCUT2D eigenvalue weighted by atomic mass is 9.77. The molecule has 2 N–H and O–H groups in total. The molecule has 0 amide bonds. The first-order valence-electron chi connectivity index (χ1n) is 8.20. The number of rotatable bonds is 2. The highest BCUT2D eigenvalue weighted by Gasteiger charge is 2.28. The molecule has 1 unspecified atom stereocenters. The smallest absolute Gasteiger partial charge is 0.137 e. The van der Waals surface area contributed by atoms with E-state index in [4.69, 9.17) is 10.7 Å². The van der Waals surface area contributed by atoms with Crippen molar-refractivity contribution in [3.63, 3.8) is 0 Å². The highest BCUT2D eigenvalue weighted by Crippen LogP contribution is 2.35. The van der Waals surface area contributed by atoms with Crippen LogP contribution in [-0.2, 0) is 6.42 Å². The van der Waals surface area contributed by atoms with Gasteiger partial charge in [-0.15, -0.1) is 0 Å². The Morgan fingerprint density at radius 2 is 1.90 bits per heavy atom. The Hall–Kier alpha value is -1.32. The largest absolute Gasteiger partial charge is 0.383 e. The van der Waals surface area contributed by atoms with Gasteiger partial charge in [0.1, 0.15) is 17.5 Å². The van der Waals surface area contributed by atoms with Crippen molar-refractivity contribution in [2.45, 2.75) is 60.3 Å². The van der Waals surface area contributed by atoms with Gasteiger partial charge in [0.05, 0.1) is 0 Å². The molecule has 1 fully saturated rings. The van der Waals surface area contributed by atoms with Crippen LogP contribution in [0, 0.1) is 18.3 Å². The maximum atomic E-state index is 6.06. The van der Waals surface area contributed by atoms with Crippen molar-refractivity contribution < 1.29 is 0 Å². The summed E-state index contributed by atoms with van der Waals surface area (Å²) in [7, 11) is 0. The Balaban J connectivity index is 2.21. The number of nitrogen functional groups attached to an aromatic ring is 1. The summed E-state index contributed by atoms with van der Waals surface area (Å²) < 4.78 is 0. The van der Waals surface area contributed by atoms with Gasteiger partial charge < -0.3 is 10.6 Å². The Kier molecular flexibility index (Phi) is 4.74. The van der Waals surface area contributed by atoms with Gasteiger partial charge in [-0.25, -0.2) is 9.97 Å². The average Bonchev–Trinajstić information content (AvgIpc) is 2.67. The van der Waals surface area contributed by atoms with E-state index >= 15 is 0 Å². The van der Waals surface area contributed by atoms with Gasteiger partial charge in [-0.3, -0.25) is 0 Å². The van der Waals surface area contributed by atoms with Crippen LogP contribution < -0.4 is 10.6 Å². The highest BCUT2D eigenvalue weighted by atomic mass is 15.2. The minimum atomic E-state index is 0.393. The number of hydrogen-bond acceptors (Lipinski definition) is 4. The molecule has 0 spiro atoms. The zero-order valence-corrected chi connectivity index (χ0v) is 14.2. The van der Waals surface area contributed by atoms with Crippen molar-refractivity contribution in [3.05, 3.63) is 11.4 Å². The maximum Gasteiger partial charge on any atom is 0.137 e. The summed E-state index contributed by atoms with van der Waals surface area (Å²) in [4.78, 5) is 11.5. The second-order valence-electron chi connectivity index (χ2n) is 7.31. The minimum Gasteiger partial charge on any atom is -0.383 e. The second-order valence-corrected chi connectivity index (χ2v) is 7.31. The zero-order chi connectivity index (χ0) is 15.6. The van der Waals surface area contributed by atoms with E-state index in [9.17, 15) is 0 Å². The Labute approximate surface area is 129 Å². The van der Waals surface area contributed by atoms with Crippen LogP contribution in [0.15, 0.2) is 0 Å². The quantitative estimate of drug-likeness (QED) is 0.904. The molecule has 118 valence electrons. The lowest BCUT2D eigenvalue weighted by Gasteiger charge is -2.30. The summed E-state index contributed by atoms with van der Waals surface area (Å²) in [6.07, 6.45) is 4.59. The molecular weight excluding hydrogens is 260 g/mol. The third-order valence-corrected chi connectivity index (χ3v) is 4.77. The van der Waals surface area contributed by atoms with Crippen molar-refractivity contribution in [1.29, 1.82) is 0 Å². The highest BCUT2D eigenvalue weighted by molar-refractivity contribution is 5.56. The molecule has 1 atom stereocenters. The molecule has 0 aliphatic carbocycles. The van der Waals surface area contributed by atoms with Crippen LogP contribution in [0.5, 0.6) is 0 Å². The van der Waals surface area contributed by atoms with Gasteiger partial charge in [-0.05, 0) is 37.5 Å². The van der Waals surface area contributed by atoms with Crippen molar-refractivity contribution >= 4 is 11.6 Å². The van der Waals surface area contributed by atoms with Crippen molar-refractivity contribution in [1.82, 2.24) is 9.97 Å². The minimum absolute atomic E-state index is 0.393. The van der Waals surface area contributed by atoms with E-state index in [-0.39, 0.29) is 0 Å². The molecule has 0 saturated carbocycles. The first-order valence-corrected chi connectivity index (χ1v) is 8.20. The first-order chi connectivity index (χ1) is 9.82. The van der Waals surface area contributed by atoms with Crippen molar-refractivity contribution in [2.24, 2.45) is 11.3 Å². The van der Waals surface area contributed by atoms with Gasteiger partial charge in [-0.2, -0.15) is 0 Å². The number of anilines is 2. The number of aromatic nitrogens is 2. The molecule has 4 heteroatoms. The van der Waals surface area contributed by atoms with Gasteiger partial charge in [-0.1, -0.05) is 27.7 Å². The van der Waals surface area contributed by atoms with E-state index < -0.39 is 0 Å². The van der Waals surface area contributed by atoms with Gasteiger partial charge in [0.2, 0.25) is 0 Å². The number of nitrogens with two attached hydrogens (primary N) is 1. The molecule has 0 bridgehead atoms. The van der Waals surface area contributed by atoms with Gasteiger partial charge in [0, 0.05) is 25.1 Å². The summed E-state index contributed by atoms with van der Waals surface area (Å²) >= 11 is 0. The van der Waals surface area contributed by atoms with Gasteiger partial charge in [0.25, 0.3) is 0 Å². The molecule has 1 aliphatic heterocycles. The summed E-state index contributed by atoms with van der Waals surface area (Å²) in [6.45, 7) is 13.3. The molecule has 2 rings (SSSR count). The third-order valence-electron chi connectivity index (χ3n) is 4.77. The Morgan fingerprint density at radius 1 is 1.19 bits per heavy atom. The van der Waals surface area contributed by atoms with Crippen molar-refractivity contribution in [3.8, 4) is 0 Å². The third kappa shape index (κ3) is 3.66. The number of hydrogen-bond donors (Lipinski definition) is 1. The SMILES string of the molecule is CCc1nc(N)c(C)c(N2CCCC(C(C)(C)C)CC2)n1. The van der Waals surface area contributed by atoms with E-state index in [1.807, 2.05) is 6.92 Å². The normalized spacial score (nSPS) is 20.4.